The first-order valence-corrected chi connectivity index (χ1v) is 8.19. The van der Waals surface area contributed by atoms with Gasteiger partial charge in [0.1, 0.15) is 6.33 Å². The Hall–Kier alpha value is -2.84. The van der Waals surface area contributed by atoms with E-state index in [-0.39, 0.29) is 17.5 Å². The van der Waals surface area contributed by atoms with E-state index in [9.17, 15) is 13.2 Å². The van der Waals surface area contributed by atoms with Gasteiger partial charge < -0.3 is 10.2 Å². The van der Waals surface area contributed by atoms with E-state index in [1.54, 1.807) is 4.57 Å². The number of rotatable bonds is 4. The van der Waals surface area contributed by atoms with E-state index >= 15 is 0 Å². The molecule has 1 fully saturated rings. The van der Waals surface area contributed by atoms with Gasteiger partial charge in [0.25, 0.3) is 0 Å². The van der Waals surface area contributed by atoms with Crippen LogP contribution in [0.3, 0.4) is 0 Å². The van der Waals surface area contributed by atoms with Crippen LogP contribution in [0.25, 0.3) is 16.9 Å². The molecule has 6 nitrogen and oxygen atoms in total. The summed E-state index contributed by atoms with van der Waals surface area (Å²) in [5.74, 6) is -1.03. The molecular weight excluding hydrogens is 345 g/mol. The largest absolute Gasteiger partial charge is 0.451 e. The molecule has 0 saturated heterocycles. The maximum absolute atomic E-state index is 13.2. The molecule has 26 heavy (non-hydrogen) atoms. The van der Waals surface area contributed by atoms with Crippen LogP contribution in [-0.4, -0.2) is 39.7 Å². The van der Waals surface area contributed by atoms with E-state index in [1.165, 1.54) is 6.33 Å². The van der Waals surface area contributed by atoms with E-state index in [4.69, 9.17) is 0 Å². The minimum absolute atomic E-state index is 0.132. The van der Waals surface area contributed by atoms with Gasteiger partial charge in [0, 0.05) is 31.5 Å². The van der Waals surface area contributed by atoms with E-state index < -0.39 is 12.0 Å². The summed E-state index contributed by atoms with van der Waals surface area (Å²) in [5, 5.41) is 3.03. The second-order valence-electron chi connectivity index (χ2n) is 6.51. The average Bonchev–Trinajstić information content (AvgIpc) is 3.30. The Morgan fingerprint density at radius 2 is 1.81 bits per heavy atom. The zero-order valence-electron chi connectivity index (χ0n) is 14.2. The first kappa shape index (κ1) is 16.6. The summed E-state index contributed by atoms with van der Waals surface area (Å²) >= 11 is 0. The van der Waals surface area contributed by atoms with Crippen LogP contribution in [-0.2, 0) is 6.18 Å². The molecule has 136 valence electrons. The van der Waals surface area contributed by atoms with Gasteiger partial charge in [-0.15, -0.1) is 0 Å². The Morgan fingerprint density at radius 1 is 1.12 bits per heavy atom. The maximum Gasteiger partial charge on any atom is 0.451 e. The van der Waals surface area contributed by atoms with Crippen LogP contribution in [0.15, 0.2) is 30.6 Å². The molecule has 0 amide bonds. The van der Waals surface area contributed by atoms with Crippen molar-refractivity contribution in [2.24, 2.45) is 0 Å². The van der Waals surface area contributed by atoms with Crippen LogP contribution < -0.4 is 10.2 Å². The van der Waals surface area contributed by atoms with Crippen LogP contribution in [0, 0.1) is 0 Å². The second-order valence-corrected chi connectivity index (χ2v) is 6.51. The number of nitrogens with one attached hydrogen (secondary N) is 1. The van der Waals surface area contributed by atoms with Crippen molar-refractivity contribution in [1.29, 1.82) is 0 Å². The number of alkyl halides is 3. The Morgan fingerprint density at radius 3 is 2.38 bits per heavy atom. The molecule has 2 aromatic heterocycles. The molecule has 1 aliphatic rings. The van der Waals surface area contributed by atoms with Crippen molar-refractivity contribution < 1.29 is 13.2 Å². The second kappa shape index (κ2) is 5.86. The Kier molecular flexibility index (Phi) is 3.74. The fourth-order valence-corrected chi connectivity index (χ4v) is 2.65. The minimum atomic E-state index is -4.63. The highest BCUT2D eigenvalue weighted by atomic mass is 19.4. The number of fused-ring (bicyclic) bond motifs is 1. The van der Waals surface area contributed by atoms with Gasteiger partial charge in [0.2, 0.25) is 5.82 Å². The third-order valence-corrected chi connectivity index (χ3v) is 4.21. The molecule has 2 heterocycles. The van der Waals surface area contributed by atoms with E-state index in [2.05, 4.69) is 20.3 Å². The quantitative estimate of drug-likeness (QED) is 0.770. The van der Waals surface area contributed by atoms with Crippen molar-refractivity contribution in [3.05, 3.63) is 36.4 Å². The lowest BCUT2D eigenvalue weighted by atomic mass is 10.2. The van der Waals surface area contributed by atoms with Crippen LogP contribution in [0.2, 0.25) is 0 Å². The van der Waals surface area contributed by atoms with E-state index in [0.717, 1.165) is 18.5 Å². The summed E-state index contributed by atoms with van der Waals surface area (Å²) in [6.45, 7) is 0. The predicted molar refractivity (Wildman–Crippen MR) is 92.6 cm³/mol. The van der Waals surface area contributed by atoms with Gasteiger partial charge in [-0.3, -0.25) is 4.57 Å². The average molecular weight is 362 g/mol. The molecule has 1 aliphatic carbocycles. The van der Waals surface area contributed by atoms with Crippen molar-refractivity contribution in [3.63, 3.8) is 0 Å². The number of benzene rings is 1. The Bertz CT molecular complexity index is 942. The fourth-order valence-electron chi connectivity index (χ4n) is 2.65. The number of hydrogen-bond donors (Lipinski definition) is 1. The Labute approximate surface area is 147 Å². The molecule has 1 aromatic carbocycles. The van der Waals surface area contributed by atoms with Crippen molar-refractivity contribution in [2.45, 2.75) is 25.1 Å². The molecule has 0 bridgehead atoms. The first-order chi connectivity index (χ1) is 12.3. The lowest BCUT2D eigenvalue weighted by Gasteiger charge is -2.13. The van der Waals surface area contributed by atoms with E-state index in [1.807, 2.05) is 43.3 Å². The number of nitrogens with zero attached hydrogens (tertiary/aromatic N) is 5. The lowest BCUT2D eigenvalue weighted by Crippen LogP contribution is -2.15. The van der Waals surface area contributed by atoms with Gasteiger partial charge in [0.05, 0.1) is 0 Å². The van der Waals surface area contributed by atoms with Crippen molar-refractivity contribution in [1.82, 2.24) is 19.5 Å². The first-order valence-electron chi connectivity index (χ1n) is 8.19. The molecule has 9 heteroatoms. The van der Waals surface area contributed by atoms with Crippen molar-refractivity contribution in [3.8, 4) is 5.69 Å². The molecule has 0 spiro atoms. The van der Waals surface area contributed by atoms with Gasteiger partial charge in [0.15, 0.2) is 17.0 Å². The van der Waals surface area contributed by atoms with E-state index in [0.29, 0.717) is 11.2 Å². The summed E-state index contributed by atoms with van der Waals surface area (Å²) in [5.41, 5.74) is 2.14. The summed E-state index contributed by atoms with van der Waals surface area (Å²) in [7, 11) is 3.83. The third kappa shape index (κ3) is 3.04. The summed E-state index contributed by atoms with van der Waals surface area (Å²) < 4.78 is 41.3. The summed E-state index contributed by atoms with van der Waals surface area (Å²) in [6.07, 6.45) is -1.32. The summed E-state index contributed by atoms with van der Waals surface area (Å²) in [4.78, 5) is 13.6. The zero-order chi connectivity index (χ0) is 18.5. The van der Waals surface area contributed by atoms with Gasteiger partial charge in [-0.25, -0.2) is 15.0 Å². The molecular formula is C17H17F3N6. The minimum Gasteiger partial charge on any atom is -0.378 e. The molecule has 0 aliphatic heterocycles. The summed E-state index contributed by atoms with van der Waals surface area (Å²) in [6, 6.07) is 7.56. The van der Waals surface area contributed by atoms with Crippen molar-refractivity contribution >= 4 is 22.7 Å². The van der Waals surface area contributed by atoms with Crippen LogP contribution in [0.5, 0.6) is 0 Å². The number of halogens is 3. The highest BCUT2D eigenvalue weighted by Crippen LogP contribution is 2.33. The van der Waals surface area contributed by atoms with Gasteiger partial charge >= 0.3 is 6.18 Å². The molecule has 3 aromatic rings. The van der Waals surface area contributed by atoms with Crippen LogP contribution in [0.4, 0.5) is 24.7 Å². The zero-order valence-corrected chi connectivity index (χ0v) is 14.2. The van der Waals surface area contributed by atoms with Gasteiger partial charge in [-0.1, -0.05) is 0 Å². The number of aromatic nitrogens is 4. The monoisotopic (exact) mass is 362 g/mol. The molecule has 0 atom stereocenters. The highest BCUT2D eigenvalue weighted by Gasteiger charge is 2.37. The van der Waals surface area contributed by atoms with Crippen molar-refractivity contribution in [2.75, 3.05) is 24.3 Å². The van der Waals surface area contributed by atoms with Gasteiger partial charge in [-0.2, -0.15) is 13.2 Å². The molecule has 0 radical (unpaired) electrons. The maximum atomic E-state index is 13.2. The fraction of sp³-hybridized carbons (Fsp3) is 0.353. The number of imidazole rings is 1. The standard InChI is InChI=1S/C17H17F3N6/c1-25(2)11-5-7-12(8-6-11)26-9-21-13-14(22-10-3-4-10)23-16(17(18,19)20)24-15(13)26/h5-10H,3-4H2,1-2H3,(H,22,23,24). The molecule has 1 N–H and O–H groups in total. The third-order valence-electron chi connectivity index (χ3n) is 4.21. The molecule has 4 rings (SSSR count). The highest BCUT2D eigenvalue weighted by molar-refractivity contribution is 5.84. The Balaban J connectivity index is 1.85. The lowest BCUT2D eigenvalue weighted by molar-refractivity contribution is -0.144. The number of hydrogen-bond acceptors (Lipinski definition) is 5. The normalized spacial score (nSPS) is 14.7. The molecule has 1 saturated carbocycles. The van der Waals surface area contributed by atoms with Crippen LogP contribution in [0.1, 0.15) is 18.7 Å². The molecule has 0 unspecified atom stereocenters. The van der Waals surface area contributed by atoms with Gasteiger partial charge in [-0.05, 0) is 37.1 Å². The number of anilines is 2. The predicted octanol–water partition coefficient (Wildman–Crippen LogP) is 3.47. The van der Waals surface area contributed by atoms with Crippen LogP contribution >= 0.6 is 0 Å². The smallest absolute Gasteiger partial charge is 0.378 e. The SMILES string of the molecule is CN(C)c1ccc(-n2cnc3c(NC4CC4)nc(C(F)(F)F)nc32)cc1. The topological polar surface area (TPSA) is 58.9 Å².